The predicted octanol–water partition coefficient (Wildman–Crippen LogP) is 2.18. The number of nitrogens with zero attached hydrogens (tertiary/aromatic N) is 5. The van der Waals surface area contributed by atoms with Crippen LogP contribution in [0.1, 0.15) is 24.4 Å². The Bertz CT molecular complexity index is 1010. The molecule has 2 aromatic heterocycles. The van der Waals surface area contributed by atoms with E-state index in [9.17, 15) is 0 Å². The first-order chi connectivity index (χ1) is 13.2. The fraction of sp³-hybridized carbons (Fsp3) is 0.450. The molecular formula is C20H24N6O. The number of rotatable bonds is 4. The Hall–Kier alpha value is -2.51. The van der Waals surface area contributed by atoms with Gasteiger partial charge in [0.15, 0.2) is 5.65 Å². The van der Waals surface area contributed by atoms with Crippen LogP contribution in [0.15, 0.2) is 36.9 Å². The molecule has 2 N–H and O–H groups in total. The number of methoxy groups -OCH3 is 1. The molecule has 3 fully saturated rings. The lowest BCUT2D eigenvalue weighted by Gasteiger charge is -2.51. The Morgan fingerprint density at radius 1 is 1.37 bits per heavy atom. The van der Waals surface area contributed by atoms with Crippen LogP contribution in [0.4, 0.5) is 0 Å². The summed E-state index contributed by atoms with van der Waals surface area (Å²) in [6.07, 6.45) is 4.47. The predicted molar refractivity (Wildman–Crippen MR) is 104 cm³/mol. The van der Waals surface area contributed by atoms with Gasteiger partial charge < -0.3 is 10.5 Å². The third-order valence-electron chi connectivity index (χ3n) is 6.45. The second-order valence-corrected chi connectivity index (χ2v) is 7.70. The first-order valence-corrected chi connectivity index (χ1v) is 9.50. The number of hydrogen-bond donors (Lipinski definition) is 1. The molecule has 1 aromatic carbocycles. The van der Waals surface area contributed by atoms with Gasteiger partial charge in [-0.25, -0.2) is 0 Å². The molecule has 2 bridgehead atoms. The molecule has 1 unspecified atom stereocenters. The maximum Gasteiger partial charge on any atom is 0.180 e. The zero-order valence-electron chi connectivity index (χ0n) is 15.5. The lowest BCUT2D eigenvalue weighted by molar-refractivity contribution is 0.00750. The van der Waals surface area contributed by atoms with E-state index < -0.39 is 0 Å². The number of tetrazole rings is 1. The van der Waals surface area contributed by atoms with E-state index in [-0.39, 0.29) is 6.04 Å². The topological polar surface area (TPSA) is 81.6 Å². The number of piperidine rings is 3. The molecule has 3 aliphatic rings. The molecule has 27 heavy (non-hydrogen) atoms. The van der Waals surface area contributed by atoms with Crippen LogP contribution in [0, 0.1) is 11.8 Å². The van der Waals surface area contributed by atoms with Crippen molar-refractivity contribution in [2.45, 2.75) is 24.9 Å². The molecular weight excluding hydrogens is 340 g/mol. The molecule has 140 valence electrons. The van der Waals surface area contributed by atoms with Crippen molar-refractivity contribution in [2.24, 2.45) is 17.6 Å². The molecule has 3 aliphatic heterocycles. The van der Waals surface area contributed by atoms with E-state index in [1.807, 2.05) is 24.3 Å². The highest BCUT2D eigenvalue weighted by Gasteiger charge is 2.41. The van der Waals surface area contributed by atoms with Gasteiger partial charge in [-0.15, -0.1) is 11.7 Å². The highest BCUT2D eigenvalue weighted by Crippen LogP contribution is 2.41. The zero-order valence-corrected chi connectivity index (χ0v) is 15.5. The smallest absolute Gasteiger partial charge is 0.180 e. The van der Waals surface area contributed by atoms with Gasteiger partial charge in [-0.05, 0) is 71.5 Å². The number of pyridine rings is 1. The summed E-state index contributed by atoms with van der Waals surface area (Å²) in [5, 5.41) is 13.2. The van der Waals surface area contributed by atoms with E-state index >= 15 is 0 Å². The second kappa shape index (κ2) is 6.28. The Morgan fingerprint density at radius 3 is 3.00 bits per heavy atom. The third kappa shape index (κ3) is 2.53. The van der Waals surface area contributed by atoms with Crippen LogP contribution < -0.4 is 10.5 Å². The van der Waals surface area contributed by atoms with Gasteiger partial charge >= 0.3 is 0 Å². The van der Waals surface area contributed by atoms with Gasteiger partial charge in [0.25, 0.3) is 0 Å². The summed E-state index contributed by atoms with van der Waals surface area (Å²) >= 11 is 0. The highest BCUT2D eigenvalue weighted by molar-refractivity contribution is 5.87. The molecule has 3 aromatic rings. The first kappa shape index (κ1) is 16.6. The number of nitrogens with two attached hydrogens (primary N) is 1. The van der Waals surface area contributed by atoms with Crippen molar-refractivity contribution in [1.29, 1.82) is 0 Å². The van der Waals surface area contributed by atoms with Gasteiger partial charge in [0.05, 0.1) is 12.6 Å². The van der Waals surface area contributed by atoms with Crippen molar-refractivity contribution < 1.29 is 4.74 Å². The van der Waals surface area contributed by atoms with E-state index in [0.29, 0.717) is 17.9 Å². The molecule has 7 nitrogen and oxygen atoms in total. The number of benzene rings is 1. The molecule has 0 spiro atoms. The van der Waals surface area contributed by atoms with E-state index in [0.717, 1.165) is 47.4 Å². The summed E-state index contributed by atoms with van der Waals surface area (Å²) in [6, 6.07) is 8.21. The second-order valence-electron chi connectivity index (χ2n) is 7.70. The summed E-state index contributed by atoms with van der Waals surface area (Å²) < 4.78 is 7.21. The SMILES string of the molecule is C=C[C@H]1CN2CC[C@H]1C[C@@H]2[C@H](N)c1cc2nnnn2c2ccc(OC)cc12. The first-order valence-electron chi connectivity index (χ1n) is 9.50. The summed E-state index contributed by atoms with van der Waals surface area (Å²) in [6.45, 7) is 6.20. The lowest BCUT2D eigenvalue weighted by atomic mass is 9.73. The molecule has 5 heterocycles. The number of fused-ring (bicyclic) bond motifs is 6. The monoisotopic (exact) mass is 364 g/mol. The normalized spacial score (nSPS) is 28.5. The summed E-state index contributed by atoms with van der Waals surface area (Å²) in [4.78, 5) is 2.54. The minimum atomic E-state index is -0.102. The molecule has 0 amide bonds. The van der Waals surface area contributed by atoms with Gasteiger partial charge in [0, 0.05) is 24.0 Å². The van der Waals surface area contributed by atoms with Gasteiger partial charge in [0.1, 0.15) is 5.75 Å². The molecule has 0 saturated carbocycles. The Kier molecular flexibility index (Phi) is 3.87. The number of hydrogen-bond acceptors (Lipinski definition) is 6. The highest BCUT2D eigenvalue weighted by atomic mass is 16.5. The largest absolute Gasteiger partial charge is 0.497 e. The van der Waals surface area contributed by atoms with Crippen molar-refractivity contribution in [3.05, 3.63) is 42.5 Å². The van der Waals surface area contributed by atoms with Crippen molar-refractivity contribution in [1.82, 2.24) is 24.9 Å². The fourth-order valence-electron chi connectivity index (χ4n) is 4.96. The number of aromatic nitrogens is 4. The van der Waals surface area contributed by atoms with Crippen molar-refractivity contribution in [2.75, 3.05) is 20.2 Å². The van der Waals surface area contributed by atoms with Crippen LogP contribution in [0.25, 0.3) is 16.6 Å². The van der Waals surface area contributed by atoms with Crippen molar-refractivity contribution in [3.8, 4) is 5.75 Å². The van der Waals surface area contributed by atoms with Gasteiger partial charge in [-0.1, -0.05) is 6.08 Å². The van der Waals surface area contributed by atoms with Crippen LogP contribution in [0.2, 0.25) is 0 Å². The van der Waals surface area contributed by atoms with Gasteiger partial charge in [-0.3, -0.25) is 4.90 Å². The quantitative estimate of drug-likeness (QED) is 0.715. The maximum absolute atomic E-state index is 6.87. The molecule has 7 heteroatoms. The standard InChI is InChI=1S/C20H24N6O/c1-3-12-11-25-7-6-13(12)8-18(25)20(21)16-10-19-22-23-24-26(19)17-5-4-14(27-2)9-15(16)17/h3-5,9-10,12-13,18,20H,1,6-8,11,21H2,2H3/t12-,13-,18+,20+/m0/s1. The fourth-order valence-corrected chi connectivity index (χ4v) is 4.96. The number of ether oxygens (including phenoxy) is 1. The average molecular weight is 364 g/mol. The van der Waals surface area contributed by atoms with E-state index in [1.54, 1.807) is 11.6 Å². The summed E-state index contributed by atoms with van der Waals surface area (Å²) in [5.41, 5.74) is 9.62. The van der Waals surface area contributed by atoms with E-state index in [2.05, 4.69) is 33.1 Å². The van der Waals surface area contributed by atoms with Crippen molar-refractivity contribution >= 4 is 16.6 Å². The van der Waals surface area contributed by atoms with Crippen LogP contribution >= 0.6 is 0 Å². The minimum Gasteiger partial charge on any atom is -0.497 e. The van der Waals surface area contributed by atoms with E-state index in [4.69, 9.17) is 10.5 Å². The Balaban J connectivity index is 1.61. The summed E-state index contributed by atoms with van der Waals surface area (Å²) in [7, 11) is 1.68. The Morgan fingerprint density at radius 2 is 2.26 bits per heavy atom. The third-order valence-corrected chi connectivity index (χ3v) is 6.45. The molecule has 0 radical (unpaired) electrons. The molecule has 0 aliphatic carbocycles. The van der Waals surface area contributed by atoms with Crippen LogP contribution in [0.5, 0.6) is 5.75 Å². The molecule has 5 atom stereocenters. The minimum absolute atomic E-state index is 0.102. The van der Waals surface area contributed by atoms with Crippen LogP contribution in [-0.2, 0) is 0 Å². The Labute approximate surface area is 157 Å². The zero-order chi connectivity index (χ0) is 18.5. The van der Waals surface area contributed by atoms with E-state index in [1.165, 1.54) is 6.42 Å². The van der Waals surface area contributed by atoms with Crippen molar-refractivity contribution in [3.63, 3.8) is 0 Å². The van der Waals surface area contributed by atoms with Gasteiger partial charge in [0.2, 0.25) is 0 Å². The molecule has 6 rings (SSSR count). The van der Waals surface area contributed by atoms with Gasteiger partial charge in [-0.2, -0.15) is 4.52 Å². The van der Waals surface area contributed by atoms with Crippen LogP contribution in [-0.4, -0.2) is 51.2 Å². The van der Waals surface area contributed by atoms with Crippen LogP contribution in [0.3, 0.4) is 0 Å². The summed E-state index contributed by atoms with van der Waals surface area (Å²) in [5.74, 6) is 2.07. The molecule has 3 saturated heterocycles. The average Bonchev–Trinajstić information content (AvgIpc) is 3.21. The lowest BCUT2D eigenvalue weighted by Crippen LogP contribution is -2.56. The maximum atomic E-state index is 6.87.